The lowest BCUT2D eigenvalue weighted by molar-refractivity contribution is -0.139. The topological polar surface area (TPSA) is 57.6 Å². The van der Waals surface area contributed by atoms with Crippen molar-refractivity contribution in [1.82, 2.24) is 4.90 Å². The van der Waals surface area contributed by atoms with Crippen LogP contribution in [0.25, 0.3) is 0 Å². The predicted molar refractivity (Wildman–Crippen MR) is 47.2 cm³/mol. The molecule has 1 unspecified atom stereocenters. The van der Waals surface area contributed by atoms with Crippen molar-refractivity contribution >= 4 is 11.9 Å². The number of rotatable bonds is 3. The summed E-state index contributed by atoms with van der Waals surface area (Å²) in [6.45, 7) is 3.13. The second-order valence-electron chi connectivity index (χ2n) is 3.62. The zero-order valence-corrected chi connectivity index (χ0v) is 7.82. The molecule has 74 valence electrons. The number of carboxylic acids is 1. The molecule has 4 heteroatoms. The monoisotopic (exact) mass is 185 g/mol. The van der Waals surface area contributed by atoms with E-state index >= 15 is 0 Å². The van der Waals surface area contributed by atoms with Crippen LogP contribution in [0.3, 0.4) is 0 Å². The molecule has 0 spiro atoms. The van der Waals surface area contributed by atoms with Crippen LogP contribution in [0.15, 0.2) is 0 Å². The number of amides is 1. The minimum atomic E-state index is -0.841. The Hall–Kier alpha value is -1.06. The fourth-order valence-corrected chi connectivity index (χ4v) is 1.50. The summed E-state index contributed by atoms with van der Waals surface area (Å²) in [7, 11) is 0. The van der Waals surface area contributed by atoms with Crippen LogP contribution in [0.4, 0.5) is 0 Å². The number of carbonyl (C=O) groups is 2. The summed E-state index contributed by atoms with van der Waals surface area (Å²) in [5.41, 5.74) is 0. The number of likely N-dealkylation sites (tertiary alicyclic amines) is 1. The van der Waals surface area contributed by atoms with Crippen molar-refractivity contribution in [3.05, 3.63) is 0 Å². The molecule has 13 heavy (non-hydrogen) atoms. The normalized spacial score (nSPS) is 23.3. The second kappa shape index (κ2) is 4.25. The summed E-state index contributed by atoms with van der Waals surface area (Å²) in [5.74, 6) is -0.292. The Kier molecular flexibility index (Phi) is 3.28. The van der Waals surface area contributed by atoms with Crippen molar-refractivity contribution in [2.45, 2.75) is 26.2 Å². The van der Waals surface area contributed by atoms with E-state index in [9.17, 15) is 9.59 Å². The third kappa shape index (κ3) is 3.05. The molecule has 1 amide bonds. The molecule has 1 N–H and O–H groups in total. The number of aliphatic carboxylic acids is 1. The van der Waals surface area contributed by atoms with Gasteiger partial charge in [0.15, 0.2) is 0 Å². The van der Waals surface area contributed by atoms with Crippen molar-refractivity contribution in [1.29, 1.82) is 0 Å². The van der Waals surface area contributed by atoms with E-state index in [-0.39, 0.29) is 12.3 Å². The number of carbonyl (C=O) groups excluding carboxylic acids is 1. The van der Waals surface area contributed by atoms with Gasteiger partial charge >= 0.3 is 5.97 Å². The zero-order chi connectivity index (χ0) is 9.84. The predicted octanol–water partition coefficient (Wildman–Crippen LogP) is 0.720. The van der Waals surface area contributed by atoms with Crippen LogP contribution < -0.4 is 0 Å². The standard InChI is InChI=1S/C9H15NO3/c1-7-2-4-10(8(11)6-7)5-3-9(12)13/h7H,2-6H2,1H3,(H,12,13). The van der Waals surface area contributed by atoms with Gasteiger partial charge in [0.25, 0.3) is 0 Å². The molecule has 0 aromatic heterocycles. The number of hydrogen-bond donors (Lipinski definition) is 1. The van der Waals surface area contributed by atoms with E-state index < -0.39 is 5.97 Å². The van der Waals surface area contributed by atoms with Gasteiger partial charge in [-0.3, -0.25) is 9.59 Å². The number of carboxylic acid groups (broad SMARTS) is 1. The van der Waals surface area contributed by atoms with Crippen LogP contribution in [0.5, 0.6) is 0 Å². The van der Waals surface area contributed by atoms with Gasteiger partial charge in [-0.1, -0.05) is 6.92 Å². The van der Waals surface area contributed by atoms with Crippen LogP contribution in [0, 0.1) is 5.92 Å². The zero-order valence-electron chi connectivity index (χ0n) is 7.82. The first-order valence-electron chi connectivity index (χ1n) is 4.59. The molecule has 0 bridgehead atoms. The van der Waals surface area contributed by atoms with Gasteiger partial charge in [0.1, 0.15) is 0 Å². The smallest absolute Gasteiger partial charge is 0.305 e. The fraction of sp³-hybridized carbons (Fsp3) is 0.778. The molecular formula is C9H15NO3. The Morgan fingerprint density at radius 3 is 2.92 bits per heavy atom. The molecule has 0 aromatic rings. The molecular weight excluding hydrogens is 170 g/mol. The quantitative estimate of drug-likeness (QED) is 0.704. The van der Waals surface area contributed by atoms with Crippen LogP contribution in [0.1, 0.15) is 26.2 Å². The first-order chi connectivity index (χ1) is 6.09. The van der Waals surface area contributed by atoms with Crippen LogP contribution in [-0.2, 0) is 9.59 Å². The molecule has 1 aliphatic rings. The van der Waals surface area contributed by atoms with Crippen LogP contribution >= 0.6 is 0 Å². The molecule has 0 aromatic carbocycles. The highest BCUT2D eigenvalue weighted by atomic mass is 16.4. The first-order valence-corrected chi connectivity index (χ1v) is 4.59. The van der Waals surface area contributed by atoms with E-state index in [0.29, 0.717) is 25.4 Å². The molecule has 1 fully saturated rings. The second-order valence-corrected chi connectivity index (χ2v) is 3.62. The molecule has 1 aliphatic heterocycles. The van der Waals surface area contributed by atoms with Crippen LogP contribution in [-0.4, -0.2) is 35.0 Å². The van der Waals surface area contributed by atoms with Gasteiger partial charge in [-0.2, -0.15) is 0 Å². The lowest BCUT2D eigenvalue weighted by atomic mass is 9.98. The molecule has 1 heterocycles. The average Bonchev–Trinajstić information content (AvgIpc) is 2.02. The average molecular weight is 185 g/mol. The summed E-state index contributed by atoms with van der Waals surface area (Å²) >= 11 is 0. The highest BCUT2D eigenvalue weighted by Gasteiger charge is 2.22. The SMILES string of the molecule is CC1CCN(CCC(=O)O)C(=O)C1. The first kappa shape index (κ1) is 10.0. The minimum absolute atomic E-state index is 0.0557. The number of nitrogens with zero attached hydrogens (tertiary/aromatic N) is 1. The molecule has 1 rings (SSSR count). The van der Waals surface area contributed by atoms with Gasteiger partial charge in [0.2, 0.25) is 5.91 Å². The summed E-state index contributed by atoms with van der Waals surface area (Å²) in [4.78, 5) is 23.3. The Labute approximate surface area is 77.5 Å². The van der Waals surface area contributed by atoms with E-state index in [1.165, 1.54) is 0 Å². The van der Waals surface area contributed by atoms with Gasteiger partial charge in [-0.25, -0.2) is 0 Å². The fourth-order valence-electron chi connectivity index (χ4n) is 1.50. The summed E-state index contributed by atoms with van der Waals surface area (Å²) in [5, 5.41) is 8.44. The summed E-state index contributed by atoms with van der Waals surface area (Å²) < 4.78 is 0. The lowest BCUT2D eigenvalue weighted by Crippen LogP contribution is -2.39. The summed E-state index contributed by atoms with van der Waals surface area (Å²) in [6, 6.07) is 0. The highest BCUT2D eigenvalue weighted by molar-refractivity contribution is 5.77. The molecule has 0 aliphatic carbocycles. The third-order valence-electron chi connectivity index (χ3n) is 2.36. The van der Waals surface area contributed by atoms with E-state index in [4.69, 9.17) is 5.11 Å². The number of piperidine rings is 1. The van der Waals surface area contributed by atoms with E-state index in [0.717, 1.165) is 6.42 Å². The molecule has 1 atom stereocenters. The van der Waals surface area contributed by atoms with Crippen LogP contribution in [0.2, 0.25) is 0 Å². The van der Waals surface area contributed by atoms with E-state index in [2.05, 4.69) is 0 Å². The Morgan fingerprint density at radius 1 is 1.69 bits per heavy atom. The van der Waals surface area contributed by atoms with Gasteiger partial charge in [0, 0.05) is 19.5 Å². The Morgan fingerprint density at radius 2 is 2.38 bits per heavy atom. The maximum Gasteiger partial charge on any atom is 0.305 e. The molecule has 0 saturated carbocycles. The highest BCUT2D eigenvalue weighted by Crippen LogP contribution is 2.17. The maximum absolute atomic E-state index is 11.4. The molecule has 0 radical (unpaired) electrons. The number of hydrogen-bond acceptors (Lipinski definition) is 2. The summed E-state index contributed by atoms with van der Waals surface area (Å²) in [6.07, 6.45) is 1.62. The van der Waals surface area contributed by atoms with Crippen molar-refractivity contribution in [3.8, 4) is 0 Å². The van der Waals surface area contributed by atoms with E-state index in [1.54, 1.807) is 4.90 Å². The van der Waals surface area contributed by atoms with Crippen molar-refractivity contribution in [2.24, 2.45) is 5.92 Å². The van der Waals surface area contributed by atoms with Crippen molar-refractivity contribution in [3.63, 3.8) is 0 Å². The maximum atomic E-state index is 11.4. The third-order valence-corrected chi connectivity index (χ3v) is 2.36. The van der Waals surface area contributed by atoms with Gasteiger partial charge in [-0.05, 0) is 12.3 Å². The van der Waals surface area contributed by atoms with Crippen molar-refractivity contribution < 1.29 is 14.7 Å². The van der Waals surface area contributed by atoms with Crippen molar-refractivity contribution in [2.75, 3.05) is 13.1 Å². The molecule has 1 saturated heterocycles. The minimum Gasteiger partial charge on any atom is -0.481 e. The van der Waals surface area contributed by atoms with Gasteiger partial charge in [0.05, 0.1) is 6.42 Å². The van der Waals surface area contributed by atoms with Gasteiger partial charge in [-0.15, -0.1) is 0 Å². The van der Waals surface area contributed by atoms with E-state index in [1.807, 2.05) is 6.92 Å². The Balaban J connectivity index is 2.34. The van der Waals surface area contributed by atoms with Gasteiger partial charge < -0.3 is 10.0 Å². The Bertz CT molecular complexity index is 215. The molecule has 4 nitrogen and oxygen atoms in total. The largest absolute Gasteiger partial charge is 0.481 e. The lowest BCUT2D eigenvalue weighted by Gasteiger charge is -2.29.